The summed E-state index contributed by atoms with van der Waals surface area (Å²) in [6.45, 7) is 0. The van der Waals surface area contributed by atoms with Crippen LogP contribution in [-0.2, 0) is 0 Å². The van der Waals surface area contributed by atoms with Crippen LogP contribution in [0.5, 0.6) is 0 Å². The molecule has 0 amide bonds. The zero-order chi connectivity index (χ0) is 4.24. The van der Waals surface area contributed by atoms with Crippen molar-refractivity contribution < 1.29 is 0 Å². The third-order valence-electron chi connectivity index (χ3n) is 0.167. The topological polar surface area (TPSA) is 0 Å². The summed E-state index contributed by atoms with van der Waals surface area (Å²) in [7, 11) is 6.48. The molecule has 0 radical (unpaired) electrons. The van der Waals surface area contributed by atoms with Crippen LogP contribution in [0.3, 0.4) is 0 Å². The molecule has 36 valence electrons. The van der Waals surface area contributed by atoms with Crippen molar-refractivity contribution in [2.24, 2.45) is 0 Å². The zero-order valence-corrected chi connectivity index (χ0v) is 10.0. The van der Waals surface area contributed by atoms with E-state index < -0.39 is 0 Å². The van der Waals surface area contributed by atoms with Gasteiger partial charge in [-0.05, 0) is 0 Å². The summed E-state index contributed by atoms with van der Waals surface area (Å²) < 4.78 is 0. The van der Waals surface area contributed by atoms with Gasteiger partial charge >= 0.3 is 63.9 Å². The minimum atomic E-state index is 0.922. The van der Waals surface area contributed by atoms with Crippen molar-refractivity contribution in [1.29, 1.82) is 0 Å². The van der Waals surface area contributed by atoms with Crippen LogP contribution in [0.15, 0.2) is 0 Å². The van der Waals surface area contributed by atoms with Crippen LogP contribution in [0.2, 0.25) is 0 Å². The SMILES string of the molecule is S1[Se]S[Se]S[Se]1. The summed E-state index contributed by atoms with van der Waals surface area (Å²) in [5.41, 5.74) is 0. The summed E-state index contributed by atoms with van der Waals surface area (Å²) >= 11 is 2.77. The van der Waals surface area contributed by atoms with E-state index in [1.165, 1.54) is 0 Å². The molecule has 1 rings (SSSR count). The summed E-state index contributed by atoms with van der Waals surface area (Å²) in [6, 6.07) is 0. The predicted molar refractivity (Wildman–Crippen MR) is 40.0 cm³/mol. The molecule has 0 nitrogen and oxygen atoms in total. The van der Waals surface area contributed by atoms with E-state index in [0.717, 1.165) is 38.1 Å². The van der Waals surface area contributed by atoms with E-state index in [2.05, 4.69) is 25.8 Å². The fourth-order valence-corrected chi connectivity index (χ4v) is 67.8. The molecule has 0 atom stereocenters. The van der Waals surface area contributed by atoms with E-state index in [1.807, 2.05) is 0 Å². The predicted octanol–water partition coefficient (Wildman–Crippen LogP) is 0.802. The molecule has 1 saturated heterocycles. The van der Waals surface area contributed by atoms with Gasteiger partial charge in [-0.25, -0.2) is 0 Å². The van der Waals surface area contributed by atoms with Gasteiger partial charge in [-0.15, -0.1) is 0 Å². The van der Waals surface area contributed by atoms with Gasteiger partial charge in [0, 0.05) is 0 Å². The maximum absolute atomic E-state index is 2.16. The molecule has 0 aliphatic carbocycles. The van der Waals surface area contributed by atoms with E-state index in [9.17, 15) is 0 Å². The van der Waals surface area contributed by atoms with E-state index in [0.29, 0.717) is 0 Å². The fourth-order valence-electron chi connectivity index (χ4n) is 0.0680. The first-order chi connectivity index (χ1) is 3.00. The van der Waals surface area contributed by atoms with E-state index in [1.54, 1.807) is 0 Å². The van der Waals surface area contributed by atoms with Crippen molar-refractivity contribution in [2.45, 2.75) is 0 Å². The Morgan fingerprint density at radius 1 is 0.667 bits per heavy atom. The van der Waals surface area contributed by atoms with Gasteiger partial charge < -0.3 is 0 Å². The Kier molecular flexibility index (Phi) is 5.03. The molecule has 0 saturated carbocycles. The second-order valence-corrected chi connectivity index (χ2v) is 26.1. The maximum atomic E-state index is 2.16. The third-order valence-corrected chi connectivity index (χ3v) is 40.5. The first-order valence-electron chi connectivity index (χ1n) is 1.00. The van der Waals surface area contributed by atoms with E-state index in [4.69, 9.17) is 0 Å². The third kappa shape index (κ3) is 2.81. The van der Waals surface area contributed by atoms with Gasteiger partial charge in [-0.3, -0.25) is 0 Å². The molecule has 0 unspecified atom stereocenters. The van der Waals surface area contributed by atoms with Crippen LogP contribution in [0.1, 0.15) is 0 Å². The van der Waals surface area contributed by atoms with Gasteiger partial charge in [0.05, 0.1) is 0 Å². The molecule has 6 heteroatoms. The van der Waals surface area contributed by atoms with Crippen LogP contribution < -0.4 is 0 Å². The quantitative estimate of drug-likeness (QED) is 0.602. The minimum absolute atomic E-state index is 0.922. The normalized spacial score (nSPS) is 24.0. The Morgan fingerprint density at radius 2 is 1.00 bits per heavy atom. The van der Waals surface area contributed by atoms with Crippen LogP contribution in [-0.4, -0.2) is 38.1 Å². The van der Waals surface area contributed by atoms with Gasteiger partial charge in [0.1, 0.15) is 0 Å². The second kappa shape index (κ2) is 4.48. The first kappa shape index (κ1) is 6.72. The van der Waals surface area contributed by atoms with Crippen LogP contribution in [0, 0.1) is 0 Å². The molecular formula is S3Se3. The summed E-state index contributed by atoms with van der Waals surface area (Å²) in [5.74, 6) is 0. The summed E-state index contributed by atoms with van der Waals surface area (Å²) in [4.78, 5) is 0. The molecule has 0 aromatic heterocycles. The fraction of sp³-hybridized carbons (Fsp3) is 0. The zero-order valence-electron chi connectivity index (χ0n) is 2.45. The van der Waals surface area contributed by atoms with Crippen molar-refractivity contribution in [1.82, 2.24) is 0 Å². The van der Waals surface area contributed by atoms with Crippen LogP contribution >= 0.6 is 25.8 Å². The number of hydrogen-bond acceptors (Lipinski definition) is 3. The van der Waals surface area contributed by atoms with Gasteiger partial charge in [0.2, 0.25) is 0 Å². The first-order valence-corrected chi connectivity index (χ1v) is 15.6. The molecule has 1 fully saturated rings. The Balaban J connectivity index is 2.00. The van der Waals surface area contributed by atoms with Gasteiger partial charge in [-0.2, -0.15) is 0 Å². The monoisotopic (exact) mass is 336 g/mol. The van der Waals surface area contributed by atoms with E-state index in [-0.39, 0.29) is 0 Å². The molecule has 6 heavy (non-hydrogen) atoms. The summed E-state index contributed by atoms with van der Waals surface area (Å²) in [5, 5.41) is 0. The Bertz CT molecular complexity index is 21.5. The molecule has 0 N–H and O–H groups in total. The van der Waals surface area contributed by atoms with E-state index >= 15 is 0 Å². The Hall–Kier alpha value is 2.61. The molecule has 1 aliphatic rings. The number of hydrogen-bond donors (Lipinski definition) is 0. The molecule has 1 heterocycles. The van der Waals surface area contributed by atoms with Crippen molar-refractivity contribution in [3.63, 3.8) is 0 Å². The molecule has 0 aromatic carbocycles. The second-order valence-electron chi connectivity index (χ2n) is 0.408. The average Bonchev–Trinajstić information content (AvgIpc) is 1.72. The van der Waals surface area contributed by atoms with Crippen molar-refractivity contribution in [3.8, 4) is 0 Å². The number of rotatable bonds is 0. The van der Waals surface area contributed by atoms with Crippen LogP contribution in [0.25, 0.3) is 0 Å². The molecule has 0 spiro atoms. The average molecular weight is 333 g/mol. The van der Waals surface area contributed by atoms with Gasteiger partial charge in [0.15, 0.2) is 0 Å². The van der Waals surface area contributed by atoms with Crippen molar-refractivity contribution >= 4 is 63.9 Å². The Morgan fingerprint density at radius 3 is 1.17 bits per heavy atom. The van der Waals surface area contributed by atoms with Gasteiger partial charge in [0.25, 0.3) is 0 Å². The summed E-state index contributed by atoms with van der Waals surface area (Å²) in [6.07, 6.45) is 0. The van der Waals surface area contributed by atoms with Gasteiger partial charge in [-0.1, -0.05) is 0 Å². The molecule has 1 aliphatic heterocycles. The molecular weight excluding hydrogens is 333 g/mol. The van der Waals surface area contributed by atoms with Crippen LogP contribution in [0.4, 0.5) is 0 Å². The molecule has 0 aromatic rings. The standard InChI is InChI=1S/S3Se3/c1-4-2-6-3-5-1. The molecule has 0 bridgehead atoms. The van der Waals surface area contributed by atoms with Crippen molar-refractivity contribution in [2.75, 3.05) is 0 Å². The van der Waals surface area contributed by atoms with Crippen molar-refractivity contribution in [3.05, 3.63) is 0 Å². The Labute approximate surface area is 63.0 Å².